The fourth-order valence-corrected chi connectivity index (χ4v) is 2.58. The van der Waals surface area contributed by atoms with Crippen LogP contribution in [0.5, 0.6) is 0 Å². The quantitative estimate of drug-likeness (QED) is 0.629. The SMILES string of the molecule is CCOC(=O)[C@H]1[C@@H]2CCCCC(=O)[C@@H]21. The lowest BCUT2D eigenvalue weighted by Crippen LogP contribution is -2.12. The van der Waals surface area contributed by atoms with Gasteiger partial charge in [0.2, 0.25) is 0 Å². The third kappa shape index (κ3) is 1.56. The summed E-state index contributed by atoms with van der Waals surface area (Å²) in [6.45, 7) is 2.22. The summed E-state index contributed by atoms with van der Waals surface area (Å²) in [5.74, 6) is 0.353. The van der Waals surface area contributed by atoms with Gasteiger partial charge in [-0.05, 0) is 25.7 Å². The van der Waals surface area contributed by atoms with Crippen LogP contribution in [-0.2, 0) is 14.3 Å². The highest BCUT2D eigenvalue weighted by molar-refractivity contribution is 5.92. The van der Waals surface area contributed by atoms with E-state index in [0.717, 1.165) is 19.3 Å². The zero-order valence-electron chi connectivity index (χ0n) is 8.49. The highest BCUT2D eigenvalue weighted by Crippen LogP contribution is 2.52. The second kappa shape index (κ2) is 3.71. The summed E-state index contributed by atoms with van der Waals surface area (Å²) in [7, 11) is 0. The number of ether oxygens (including phenoxy) is 1. The summed E-state index contributed by atoms with van der Waals surface area (Å²) >= 11 is 0. The van der Waals surface area contributed by atoms with E-state index in [1.165, 1.54) is 0 Å². The smallest absolute Gasteiger partial charge is 0.309 e. The first kappa shape index (κ1) is 9.69. The minimum absolute atomic E-state index is 0.0107. The van der Waals surface area contributed by atoms with Crippen LogP contribution in [0.25, 0.3) is 0 Å². The molecule has 0 aliphatic heterocycles. The summed E-state index contributed by atoms with van der Waals surface area (Å²) in [5, 5.41) is 0. The van der Waals surface area contributed by atoms with Crippen LogP contribution in [0.2, 0.25) is 0 Å². The largest absolute Gasteiger partial charge is 0.466 e. The first-order valence-corrected chi connectivity index (χ1v) is 5.45. The number of rotatable bonds is 2. The van der Waals surface area contributed by atoms with Gasteiger partial charge in [-0.2, -0.15) is 0 Å². The summed E-state index contributed by atoms with van der Waals surface area (Å²) in [6, 6.07) is 0. The molecule has 2 rings (SSSR count). The van der Waals surface area contributed by atoms with Crippen molar-refractivity contribution in [2.45, 2.75) is 32.6 Å². The molecule has 0 aromatic heterocycles. The van der Waals surface area contributed by atoms with Gasteiger partial charge in [0.25, 0.3) is 0 Å². The Kier molecular flexibility index (Phi) is 2.57. The molecule has 2 aliphatic carbocycles. The maximum Gasteiger partial charge on any atom is 0.309 e. The van der Waals surface area contributed by atoms with Gasteiger partial charge in [-0.15, -0.1) is 0 Å². The first-order chi connectivity index (χ1) is 6.75. The van der Waals surface area contributed by atoms with E-state index < -0.39 is 0 Å². The lowest BCUT2D eigenvalue weighted by Gasteiger charge is -2.02. The average molecular weight is 196 g/mol. The first-order valence-electron chi connectivity index (χ1n) is 5.45. The van der Waals surface area contributed by atoms with Gasteiger partial charge in [-0.3, -0.25) is 9.59 Å². The number of Topliss-reactive ketones (excluding diaryl/α,β-unsaturated/α-hetero) is 1. The Labute approximate surface area is 83.8 Å². The van der Waals surface area contributed by atoms with Gasteiger partial charge in [0.15, 0.2) is 0 Å². The normalized spacial score (nSPS) is 35.8. The number of carbonyl (C=O) groups excluding carboxylic acids is 2. The molecule has 0 spiro atoms. The van der Waals surface area contributed by atoms with Gasteiger partial charge in [0.1, 0.15) is 5.78 Å². The molecule has 0 N–H and O–H groups in total. The Morgan fingerprint density at radius 1 is 1.50 bits per heavy atom. The standard InChI is InChI=1S/C11H16O3/c1-2-14-11(13)10-7-5-3-4-6-8(12)9(7)10/h7,9-10H,2-6H2,1H3/t7-,9-,10+/m1/s1. The van der Waals surface area contributed by atoms with E-state index in [2.05, 4.69) is 0 Å². The van der Waals surface area contributed by atoms with Crippen molar-refractivity contribution < 1.29 is 14.3 Å². The van der Waals surface area contributed by atoms with Gasteiger partial charge in [-0.1, -0.05) is 6.42 Å². The van der Waals surface area contributed by atoms with Crippen LogP contribution in [-0.4, -0.2) is 18.4 Å². The van der Waals surface area contributed by atoms with Crippen LogP contribution in [0.4, 0.5) is 0 Å². The average Bonchev–Trinajstić information content (AvgIpc) is 2.86. The van der Waals surface area contributed by atoms with Crippen LogP contribution in [0.3, 0.4) is 0 Å². The van der Waals surface area contributed by atoms with Crippen molar-refractivity contribution in [3.05, 3.63) is 0 Å². The Hall–Kier alpha value is -0.860. The van der Waals surface area contributed by atoms with Crippen molar-refractivity contribution in [1.82, 2.24) is 0 Å². The van der Waals surface area contributed by atoms with Crippen LogP contribution in [0.15, 0.2) is 0 Å². The van der Waals surface area contributed by atoms with Crippen molar-refractivity contribution in [1.29, 1.82) is 0 Å². The summed E-state index contributed by atoms with van der Waals surface area (Å²) in [5.41, 5.74) is 0. The van der Waals surface area contributed by atoms with Crippen LogP contribution < -0.4 is 0 Å². The summed E-state index contributed by atoms with van der Waals surface area (Å²) in [6.07, 6.45) is 3.78. The predicted octanol–water partition coefficient (Wildman–Crippen LogP) is 1.55. The molecule has 78 valence electrons. The molecule has 3 heteroatoms. The molecule has 2 fully saturated rings. The third-order valence-electron chi connectivity index (χ3n) is 3.31. The molecule has 0 amide bonds. The molecule has 0 saturated heterocycles. The van der Waals surface area contributed by atoms with E-state index >= 15 is 0 Å². The van der Waals surface area contributed by atoms with E-state index in [9.17, 15) is 9.59 Å². The molecule has 0 unspecified atom stereocenters. The molecular weight excluding hydrogens is 180 g/mol. The van der Waals surface area contributed by atoms with Gasteiger partial charge in [-0.25, -0.2) is 0 Å². The van der Waals surface area contributed by atoms with Crippen LogP contribution in [0.1, 0.15) is 32.6 Å². The maximum absolute atomic E-state index is 11.6. The number of hydrogen-bond acceptors (Lipinski definition) is 3. The lowest BCUT2D eigenvalue weighted by atomic mass is 10.1. The molecule has 2 aliphatic rings. The molecule has 0 aromatic rings. The van der Waals surface area contributed by atoms with Gasteiger partial charge < -0.3 is 4.74 Å². The number of esters is 1. The molecule has 3 atom stereocenters. The number of fused-ring (bicyclic) bond motifs is 1. The molecule has 0 heterocycles. The Morgan fingerprint density at radius 3 is 3.00 bits per heavy atom. The summed E-state index contributed by atoms with van der Waals surface area (Å²) < 4.78 is 4.96. The molecule has 3 nitrogen and oxygen atoms in total. The Balaban J connectivity index is 1.98. The van der Waals surface area contributed by atoms with E-state index in [1.807, 2.05) is 0 Å². The van der Waals surface area contributed by atoms with Crippen molar-refractivity contribution in [3.8, 4) is 0 Å². The summed E-state index contributed by atoms with van der Waals surface area (Å²) in [4.78, 5) is 23.0. The van der Waals surface area contributed by atoms with E-state index in [0.29, 0.717) is 18.9 Å². The highest BCUT2D eigenvalue weighted by atomic mass is 16.5. The van der Waals surface area contributed by atoms with Crippen molar-refractivity contribution in [2.75, 3.05) is 6.61 Å². The van der Waals surface area contributed by atoms with Crippen LogP contribution in [0, 0.1) is 17.8 Å². The van der Waals surface area contributed by atoms with Crippen molar-refractivity contribution in [3.63, 3.8) is 0 Å². The maximum atomic E-state index is 11.6. The molecule has 0 aromatic carbocycles. The minimum Gasteiger partial charge on any atom is -0.466 e. The van der Waals surface area contributed by atoms with Gasteiger partial charge in [0, 0.05) is 12.3 Å². The zero-order valence-corrected chi connectivity index (χ0v) is 8.49. The molecule has 0 radical (unpaired) electrons. The molecular formula is C11H16O3. The predicted molar refractivity (Wildman–Crippen MR) is 50.6 cm³/mol. The number of ketones is 1. The monoisotopic (exact) mass is 196 g/mol. The minimum atomic E-state index is -0.155. The van der Waals surface area contributed by atoms with Gasteiger partial charge in [0.05, 0.1) is 12.5 Å². The number of carbonyl (C=O) groups is 2. The van der Waals surface area contributed by atoms with E-state index in [-0.39, 0.29) is 23.6 Å². The molecule has 2 saturated carbocycles. The van der Waals surface area contributed by atoms with Crippen molar-refractivity contribution in [2.24, 2.45) is 17.8 Å². The second-order valence-corrected chi connectivity index (χ2v) is 4.18. The molecule has 0 bridgehead atoms. The highest BCUT2D eigenvalue weighted by Gasteiger charge is 2.59. The zero-order chi connectivity index (χ0) is 10.1. The lowest BCUT2D eigenvalue weighted by molar-refractivity contribution is -0.146. The van der Waals surface area contributed by atoms with Crippen LogP contribution >= 0.6 is 0 Å². The second-order valence-electron chi connectivity index (χ2n) is 4.18. The van der Waals surface area contributed by atoms with E-state index in [4.69, 9.17) is 4.74 Å². The topological polar surface area (TPSA) is 43.4 Å². The fourth-order valence-electron chi connectivity index (χ4n) is 2.58. The third-order valence-corrected chi connectivity index (χ3v) is 3.31. The van der Waals surface area contributed by atoms with Gasteiger partial charge >= 0.3 is 5.97 Å². The van der Waals surface area contributed by atoms with E-state index in [1.54, 1.807) is 6.92 Å². The molecule has 14 heavy (non-hydrogen) atoms. The Bertz CT molecular complexity index is 259. The Morgan fingerprint density at radius 2 is 2.29 bits per heavy atom. The van der Waals surface area contributed by atoms with Crippen molar-refractivity contribution >= 4 is 11.8 Å². The number of hydrogen-bond donors (Lipinski definition) is 0. The fraction of sp³-hybridized carbons (Fsp3) is 0.818.